The van der Waals surface area contributed by atoms with Crippen LogP contribution in [-0.2, 0) is 14.3 Å². The zero-order chi connectivity index (χ0) is 22.5. The quantitative estimate of drug-likeness (QED) is 0.393. The molecule has 1 aliphatic heterocycles. The molecular weight excluding hydrogens is 402 g/mol. The number of ketones is 1. The van der Waals surface area contributed by atoms with Gasteiger partial charge in [-0.25, -0.2) is 0 Å². The van der Waals surface area contributed by atoms with E-state index in [1.807, 2.05) is 0 Å². The van der Waals surface area contributed by atoms with Gasteiger partial charge in [-0.15, -0.1) is 0 Å². The van der Waals surface area contributed by atoms with Crippen LogP contribution >= 0.6 is 0 Å². The number of methoxy groups -OCH3 is 4. The number of aliphatic hydroxyl groups is 1. The number of carbonyl (C=O) groups excluding carboxylic acids is 2. The third kappa shape index (κ3) is 4.20. The van der Waals surface area contributed by atoms with Gasteiger partial charge in [-0.05, 0) is 35.9 Å². The Bertz CT molecular complexity index is 1010. The Labute approximate surface area is 180 Å². The molecule has 1 amide bonds. The lowest BCUT2D eigenvalue weighted by molar-refractivity contribution is -0.140. The molecule has 1 atom stereocenters. The van der Waals surface area contributed by atoms with E-state index in [9.17, 15) is 14.7 Å². The van der Waals surface area contributed by atoms with E-state index in [0.717, 1.165) is 0 Å². The topological polar surface area (TPSA) is 94.5 Å². The Kier molecular flexibility index (Phi) is 6.81. The summed E-state index contributed by atoms with van der Waals surface area (Å²) in [6.45, 7) is 0.408. The van der Waals surface area contributed by atoms with Gasteiger partial charge in [0.25, 0.3) is 11.7 Å². The Morgan fingerprint density at radius 1 is 0.968 bits per heavy atom. The lowest BCUT2D eigenvalue weighted by Gasteiger charge is -2.25. The van der Waals surface area contributed by atoms with Crippen LogP contribution in [-0.4, -0.2) is 63.3 Å². The normalized spacial score (nSPS) is 17.7. The number of benzene rings is 2. The molecule has 31 heavy (non-hydrogen) atoms. The first-order valence-electron chi connectivity index (χ1n) is 9.60. The third-order valence-electron chi connectivity index (χ3n) is 5.15. The van der Waals surface area contributed by atoms with Crippen molar-refractivity contribution in [2.45, 2.75) is 6.04 Å². The Balaban J connectivity index is 2.24. The third-order valence-corrected chi connectivity index (χ3v) is 5.15. The zero-order valence-electron chi connectivity index (χ0n) is 17.9. The van der Waals surface area contributed by atoms with E-state index in [2.05, 4.69) is 0 Å². The van der Waals surface area contributed by atoms with E-state index in [0.29, 0.717) is 22.8 Å². The van der Waals surface area contributed by atoms with E-state index >= 15 is 0 Å². The minimum Gasteiger partial charge on any atom is -0.507 e. The Morgan fingerprint density at radius 2 is 1.68 bits per heavy atom. The average molecular weight is 427 g/mol. The first-order chi connectivity index (χ1) is 15.0. The molecule has 1 N–H and O–H groups in total. The molecule has 2 aromatic rings. The predicted octanol–water partition coefficient (Wildman–Crippen LogP) is 2.78. The maximum absolute atomic E-state index is 13.0. The van der Waals surface area contributed by atoms with Crippen LogP contribution in [0.25, 0.3) is 5.76 Å². The second-order valence-corrected chi connectivity index (χ2v) is 6.83. The van der Waals surface area contributed by atoms with Crippen molar-refractivity contribution in [2.24, 2.45) is 0 Å². The molecule has 3 rings (SSSR count). The molecule has 0 bridgehead atoms. The van der Waals surface area contributed by atoms with Gasteiger partial charge in [0, 0.05) is 13.7 Å². The van der Waals surface area contributed by atoms with Crippen LogP contribution in [0.15, 0.2) is 48.0 Å². The predicted molar refractivity (Wildman–Crippen MR) is 113 cm³/mol. The largest absolute Gasteiger partial charge is 0.507 e. The number of Topliss-reactive ketones (excluding diaryl/α,β-unsaturated/α-hetero) is 1. The molecule has 8 nitrogen and oxygen atoms in total. The summed E-state index contributed by atoms with van der Waals surface area (Å²) in [4.78, 5) is 27.3. The molecule has 0 spiro atoms. The number of amides is 1. The maximum atomic E-state index is 13.0. The number of rotatable bonds is 8. The van der Waals surface area contributed by atoms with Gasteiger partial charge >= 0.3 is 0 Å². The summed E-state index contributed by atoms with van der Waals surface area (Å²) < 4.78 is 21.0. The summed E-state index contributed by atoms with van der Waals surface area (Å²) in [5.74, 6) is -0.477. The lowest BCUT2D eigenvalue weighted by atomic mass is 9.94. The number of carbonyl (C=O) groups is 2. The summed E-state index contributed by atoms with van der Waals surface area (Å²) in [7, 11) is 5.99. The number of likely N-dealkylation sites (tertiary alicyclic amines) is 1. The van der Waals surface area contributed by atoms with Crippen molar-refractivity contribution < 1.29 is 33.6 Å². The second kappa shape index (κ2) is 9.53. The van der Waals surface area contributed by atoms with Crippen LogP contribution < -0.4 is 14.2 Å². The van der Waals surface area contributed by atoms with Crippen LogP contribution in [0, 0.1) is 0 Å². The molecule has 0 saturated carbocycles. The van der Waals surface area contributed by atoms with E-state index < -0.39 is 17.7 Å². The van der Waals surface area contributed by atoms with Crippen LogP contribution in [0.3, 0.4) is 0 Å². The van der Waals surface area contributed by atoms with E-state index in [1.165, 1.54) is 33.3 Å². The highest BCUT2D eigenvalue weighted by molar-refractivity contribution is 6.46. The van der Waals surface area contributed by atoms with Gasteiger partial charge in [0.05, 0.1) is 45.1 Å². The van der Waals surface area contributed by atoms with E-state index in [-0.39, 0.29) is 30.0 Å². The minimum absolute atomic E-state index is 0.0408. The maximum Gasteiger partial charge on any atom is 0.295 e. The van der Waals surface area contributed by atoms with Crippen molar-refractivity contribution in [3.05, 3.63) is 59.2 Å². The van der Waals surface area contributed by atoms with Gasteiger partial charge in [0.2, 0.25) is 0 Å². The fourth-order valence-corrected chi connectivity index (χ4v) is 3.60. The molecular formula is C23H25NO7. The number of hydrogen-bond donors (Lipinski definition) is 1. The Hall–Kier alpha value is -3.52. The summed E-state index contributed by atoms with van der Waals surface area (Å²) in [5.41, 5.74) is 0.832. The summed E-state index contributed by atoms with van der Waals surface area (Å²) in [6.07, 6.45) is 0. The van der Waals surface area contributed by atoms with Gasteiger partial charge in [-0.3, -0.25) is 9.59 Å². The monoisotopic (exact) mass is 427 g/mol. The molecule has 1 fully saturated rings. The van der Waals surface area contributed by atoms with Gasteiger partial charge < -0.3 is 29.0 Å². The van der Waals surface area contributed by atoms with Gasteiger partial charge in [-0.1, -0.05) is 12.1 Å². The molecule has 1 unspecified atom stereocenters. The highest BCUT2D eigenvalue weighted by Crippen LogP contribution is 2.42. The second-order valence-electron chi connectivity index (χ2n) is 6.83. The summed E-state index contributed by atoms with van der Waals surface area (Å²) >= 11 is 0. The number of aliphatic hydroxyl groups excluding tert-OH is 1. The first kappa shape index (κ1) is 22.2. The van der Waals surface area contributed by atoms with Gasteiger partial charge in [0.1, 0.15) is 23.0 Å². The highest BCUT2D eigenvalue weighted by atomic mass is 16.5. The number of ether oxygens (including phenoxy) is 4. The molecule has 164 valence electrons. The average Bonchev–Trinajstić information content (AvgIpc) is 3.06. The van der Waals surface area contributed by atoms with Crippen LogP contribution in [0.5, 0.6) is 17.2 Å². The van der Waals surface area contributed by atoms with Crippen LogP contribution in [0.4, 0.5) is 0 Å². The smallest absolute Gasteiger partial charge is 0.295 e. The van der Waals surface area contributed by atoms with Crippen molar-refractivity contribution in [1.82, 2.24) is 4.90 Å². The minimum atomic E-state index is -0.818. The van der Waals surface area contributed by atoms with Crippen LogP contribution in [0.1, 0.15) is 17.2 Å². The summed E-state index contributed by atoms with van der Waals surface area (Å²) in [6, 6.07) is 11.1. The Morgan fingerprint density at radius 3 is 2.32 bits per heavy atom. The number of nitrogens with zero attached hydrogens (tertiary/aromatic N) is 1. The molecule has 1 heterocycles. The molecule has 1 saturated heterocycles. The summed E-state index contributed by atoms with van der Waals surface area (Å²) in [5, 5.41) is 11.2. The molecule has 1 aliphatic rings. The van der Waals surface area contributed by atoms with Gasteiger partial charge in [0.15, 0.2) is 0 Å². The van der Waals surface area contributed by atoms with E-state index in [1.54, 1.807) is 42.5 Å². The van der Waals surface area contributed by atoms with E-state index in [4.69, 9.17) is 18.9 Å². The molecule has 2 aromatic carbocycles. The molecule has 8 heteroatoms. The van der Waals surface area contributed by atoms with Crippen LogP contribution in [0.2, 0.25) is 0 Å². The SMILES string of the molecule is COCCN1C(=O)C(=O)/C(=C(/O)c2cc(OC)ccc2OC)C1c1cccc(OC)c1. The fraction of sp³-hybridized carbons (Fsp3) is 0.304. The molecule has 0 aliphatic carbocycles. The van der Waals surface area contributed by atoms with Crippen molar-refractivity contribution in [3.8, 4) is 17.2 Å². The first-order valence-corrected chi connectivity index (χ1v) is 9.60. The molecule has 0 aromatic heterocycles. The highest BCUT2D eigenvalue weighted by Gasteiger charge is 2.46. The lowest BCUT2D eigenvalue weighted by Crippen LogP contribution is -2.32. The zero-order valence-corrected chi connectivity index (χ0v) is 17.9. The molecule has 0 radical (unpaired) electrons. The van der Waals surface area contributed by atoms with Crippen molar-refractivity contribution in [2.75, 3.05) is 41.6 Å². The number of hydrogen-bond acceptors (Lipinski definition) is 7. The fourth-order valence-electron chi connectivity index (χ4n) is 3.60. The standard InChI is InChI=1S/C23H25NO7/c1-28-11-10-24-20(14-6-5-7-15(12-14)29-2)19(22(26)23(24)27)21(25)17-13-16(30-3)8-9-18(17)31-4/h5-9,12-13,20,25H,10-11H2,1-4H3/b21-19+. The van der Waals surface area contributed by atoms with Crippen molar-refractivity contribution in [3.63, 3.8) is 0 Å². The van der Waals surface area contributed by atoms with Crippen molar-refractivity contribution in [1.29, 1.82) is 0 Å². The van der Waals surface area contributed by atoms with Gasteiger partial charge in [-0.2, -0.15) is 0 Å². The van der Waals surface area contributed by atoms with Crippen molar-refractivity contribution >= 4 is 17.4 Å².